The third-order valence-corrected chi connectivity index (χ3v) is 2.28. The van der Waals surface area contributed by atoms with E-state index in [0.29, 0.717) is 18.1 Å². The molecule has 0 aliphatic carbocycles. The summed E-state index contributed by atoms with van der Waals surface area (Å²) in [4.78, 5) is 24.6. The van der Waals surface area contributed by atoms with Crippen molar-refractivity contribution in [1.82, 2.24) is 15.0 Å². The minimum absolute atomic E-state index is 0.475. The Kier molecular flexibility index (Phi) is 3.40. The highest BCUT2D eigenvalue weighted by Gasteiger charge is 2.04. The highest BCUT2D eigenvalue weighted by atomic mass is 16.1. The Morgan fingerprint density at radius 1 is 1.29 bits per heavy atom. The van der Waals surface area contributed by atoms with Gasteiger partial charge in [-0.2, -0.15) is 0 Å². The van der Waals surface area contributed by atoms with Gasteiger partial charge >= 0.3 is 0 Å². The second kappa shape index (κ2) is 5.16. The third kappa shape index (κ3) is 2.84. The maximum absolute atomic E-state index is 10.5. The van der Waals surface area contributed by atoms with E-state index in [1.54, 1.807) is 12.4 Å². The standard InChI is InChI=1S/C12H12N4O/c1-16(8-10-3-2-4-13-5-10)12-14-6-11(9-17)7-15-12/h2-7,9H,8H2,1H3. The summed E-state index contributed by atoms with van der Waals surface area (Å²) in [6, 6.07) is 3.88. The smallest absolute Gasteiger partial charge is 0.225 e. The summed E-state index contributed by atoms with van der Waals surface area (Å²) in [6.45, 7) is 0.675. The molecule has 0 amide bonds. The minimum Gasteiger partial charge on any atom is -0.340 e. The highest BCUT2D eigenvalue weighted by Crippen LogP contribution is 2.08. The van der Waals surface area contributed by atoms with Crippen molar-refractivity contribution in [2.24, 2.45) is 0 Å². The summed E-state index contributed by atoms with van der Waals surface area (Å²) < 4.78 is 0. The molecule has 2 aromatic rings. The molecule has 0 aliphatic rings. The van der Waals surface area contributed by atoms with E-state index in [-0.39, 0.29) is 0 Å². The fourth-order valence-corrected chi connectivity index (χ4v) is 1.43. The summed E-state index contributed by atoms with van der Waals surface area (Å²) >= 11 is 0. The highest BCUT2D eigenvalue weighted by molar-refractivity contribution is 5.73. The predicted molar refractivity (Wildman–Crippen MR) is 63.8 cm³/mol. The number of aldehydes is 1. The van der Waals surface area contributed by atoms with Gasteiger partial charge in [0.1, 0.15) is 0 Å². The van der Waals surface area contributed by atoms with Crippen molar-refractivity contribution >= 4 is 12.2 Å². The van der Waals surface area contributed by atoms with E-state index in [1.807, 2.05) is 24.1 Å². The van der Waals surface area contributed by atoms with Crippen LogP contribution in [0.2, 0.25) is 0 Å². The quantitative estimate of drug-likeness (QED) is 0.739. The van der Waals surface area contributed by atoms with Crippen molar-refractivity contribution in [1.29, 1.82) is 0 Å². The van der Waals surface area contributed by atoms with Crippen LogP contribution in [0.1, 0.15) is 15.9 Å². The van der Waals surface area contributed by atoms with Gasteiger partial charge in [-0.3, -0.25) is 9.78 Å². The average Bonchev–Trinajstić information content (AvgIpc) is 2.40. The Bertz CT molecular complexity index is 484. The molecular weight excluding hydrogens is 216 g/mol. The lowest BCUT2D eigenvalue weighted by molar-refractivity contribution is 0.112. The summed E-state index contributed by atoms with van der Waals surface area (Å²) in [5.74, 6) is 0.583. The lowest BCUT2D eigenvalue weighted by Gasteiger charge is -2.16. The zero-order valence-corrected chi connectivity index (χ0v) is 9.45. The minimum atomic E-state index is 0.475. The molecule has 0 aliphatic heterocycles. The summed E-state index contributed by atoms with van der Waals surface area (Å²) in [6.07, 6.45) is 7.28. The van der Waals surface area contributed by atoms with Gasteiger partial charge in [-0.1, -0.05) is 6.07 Å². The van der Waals surface area contributed by atoms with Crippen LogP contribution in [-0.2, 0) is 6.54 Å². The van der Waals surface area contributed by atoms with Gasteiger partial charge in [-0.05, 0) is 11.6 Å². The number of hydrogen-bond donors (Lipinski definition) is 0. The van der Waals surface area contributed by atoms with Gasteiger partial charge in [-0.15, -0.1) is 0 Å². The van der Waals surface area contributed by atoms with Crippen LogP contribution in [0.15, 0.2) is 36.9 Å². The second-order valence-electron chi connectivity index (χ2n) is 3.65. The number of nitrogens with zero attached hydrogens (tertiary/aromatic N) is 4. The van der Waals surface area contributed by atoms with Crippen molar-refractivity contribution in [3.8, 4) is 0 Å². The van der Waals surface area contributed by atoms with Crippen LogP contribution in [0.25, 0.3) is 0 Å². The van der Waals surface area contributed by atoms with Crippen LogP contribution in [0, 0.1) is 0 Å². The fourth-order valence-electron chi connectivity index (χ4n) is 1.43. The third-order valence-electron chi connectivity index (χ3n) is 2.28. The van der Waals surface area contributed by atoms with Crippen molar-refractivity contribution in [2.75, 3.05) is 11.9 Å². The zero-order valence-electron chi connectivity index (χ0n) is 9.45. The largest absolute Gasteiger partial charge is 0.340 e. The van der Waals surface area contributed by atoms with Gasteiger partial charge in [0.25, 0.3) is 0 Å². The maximum Gasteiger partial charge on any atom is 0.225 e. The number of rotatable bonds is 4. The molecular formula is C12H12N4O. The van der Waals surface area contributed by atoms with Crippen molar-refractivity contribution in [3.05, 3.63) is 48.0 Å². The number of hydrogen-bond acceptors (Lipinski definition) is 5. The first-order valence-corrected chi connectivity index (χ1v) is 5.17. The van der Waals surface area contributed by atoms with E-state index in [4.69, 9.17) is 0 Å². The first-order valence-electron chi connectivity index (χ1n) is 5.17. The van der Waals surface area contributed by atoms with E-state index in [1.165, 1.54) is 12.4 Å². The summed E-state index contributed by atoms with van der Waals surface area (Å²) in [5, 5.41) is 0. The Hall–Kier alpha value is -2.30. The second-order valence-corrected chi connectivity index (χ2v) is 3.65. The van der Waals surface area contributed by atoms with Crippen LogP contribution >= 0.6 is 0 Å². The summed E-state index contributed by atoms with van der Waals surface area (Å²) in [7, 11) is 1.89. The number of aromatic nitrogens is 3. The number of carbonyl (C=O) groups is 1. The molecule has 5 nitrogen and oxygen atoms in total. The van der Waals surface area contributed by atoms with Crippen molar-refractivity contribution in [2.45, 2.75) is 6.54 Å². The average molecular weight is 228 g/mol. The Morgan fingerprint density at radius 2 is 2.06 bits per heavy atom. The van der Waals surface area contributed by atoms with Gasteiger partial charge in [0.15, 0.2) is 6.29 Å². The number of carbonyl (C=O) groups excluding carboxylic acids is 1. The van der Waals surface area contributed by atoms with Crippen molar-refractivity contribution < 1.29 is 4.79 Å². The molecule has 0 aromatic carbocycles. The van der Waals surface area contributed by atoms with Crippen LogP contribution in [-0.4, -0.2) is 28.3 Å². The van der Waals surface area contributed by atoms with Gasteiger partial charge < -0.3 is 4.90 Å². The Labute approximate surface area is 99.2 Å². The molecule has 0 spiro atoms. The zero-order chi connectivity index (χ0) is 12.1. The molecule has 5 heteroatoms. The van der Waals surface area contributed by atoms with Gasteiger partial charge in [-0.25, -0.2) is 9.97 Å². The molecule has 2 rings (SSSR count). The van der Waals surface area contributed by atoms with Crippen LogP contribution in [0.4, 0.5) is 5.95 Å². The first kappa shape index (κ1) is 11.2. The van der Waals surface area contributed by atoms with Crippen LogP contribution in [0.5, 0.6) is 0 Å². The molecule has 17 heavy (non-hydrogen) atoms. The molecule has 0 unspecified atom stereocenters. The molecule has 0 N–H and O–H groups in total. The van der Waals surface area contributed by atoms with E-state index in [9.17, 15) is 4.79 Å². The molecule has 86 valence electrons. The summed E-state index contributed by atoms with van der Waals surface area (Å²) in [5.41, 5.74) is 1.56. The predicted octanol–water partition coefficient (Wildman–Crippen LogP) is 1.32. The maximum atomic E-state index is 10.5. The molecule has 0 saturated carbocycles. The van der Waals surface area contributed by atoms with E-state index >= 15 is 0 Å². The molecule has 0 saturated heterocycles. The molecule has 0 fully saturated rings. The monoisotopic (exact) mass is 228 g/mol. The Balaban J connectivity index is 2.09. The number of pyridine rings is 1. The Morgan fingerprint density at radius 3 is 2.65 bits per heavy atom. The lowest BCUT2D eigenvalue weighted by atomic mass is 10.3. The first-order chi connectivity index (χ1) is 8.29. The van der Waals surface area contributed by atoms with E-state index in [2.05, 4.69) is 15.0 Å². The van der Waals surface area contributed by atoms with Crippen molar-refractivity contribution in [3.63, 3.8) is 0 Å². The van der Waals surface area contributed by atoms with Crippen LogP contribution < -0.4 is 4.90 Å². The van der Waals surface area contributed by atoms with Crippen LogP contribution in [0.3, 0.4) is 0 Å². The van der Waals surface area contributed by atoms with Gasteiger partial charge in [0.05, 0.1) is 5.56 Å². The SMILES string of the molecule is CN(Cc1cccnc1)c1ncc(C=O)cn1. The fraction of sp³-hybridized carbons (Fsp3) is 0.167. The number of anilines is 1. The molecule has 0 atom stereocenters. The molecule has 0 bridgehead atoms. The lowest BCUT2D eigenvalue weighted by Crippen LogP contribution is -2.19. The van der Waals surface area contributed by atoms with E-state index < -0.39 is 0 Å². The van der Waals surface area contributed by atoms with Gasteiger partial charge in [0, 0.05) is 38.4 Å². The molecule has 2 heterocycles. The normalized spacial score (nSPS) is 9.94. The van der Waals surface area contributed by atoms with E-state index in [0.717, 1.165) is 11.8 Å². The van der Waals surface area contributed by atoms with Gasteiger partial charge in [0.2, 0.25) is 5.95 Å². The molecule has 0 radical (unpaired) electrons. The topological polar surface area (TPSA) is 59.0 Å². The molecule has 2 aromatic heterocycles.